The Kier molecular flexibility index (Phi) is 25.9. The minimum atomic E-state index is -1.78. The van der Waals surface area contributed by atoms with Gasteiger partial charge < -0.3 is 78.6 Å². The Morgan fingerprint density at radius 3 is 1.49 bits per heavy atom. The van der Waals surface area contributed by atoms with Gasteiger partial charge in [-0.15, -0.1) is 11.8 Å². The predicted octanol–water partition coefficient (Wildman–Crippen LogP) is 7.00. The highest BCUT2D eigenvalue weighted by Crippen LogP contribution is 2.45. The van der Waals surface area contributed by atoms with E-state index in [1.54, 1.807) is 51.1 Å². The molecule has 2 aliphatic heterocycles. The monoisotopic (exact) mass is 1330 g/mol. The van der Waals surface area contributed by atoms with E-state index in [9.17, 15) is 39.3 Å². The molecule has 9 rings (SSSR count). The van der Waals surface area contributed by atoms with Crippen molar-refractivity contribution in [3.05, 3.63) is 203 Å². The summed E-state index contributed by atoms with van der Waals surface area (Å²) >= 11 is 1.48. The van der Waals surface area contributed by atoms with Gasteiger partial charge in [-0.2, -0.15) is 0 Å². The summed E-state index contributed by atoms with van der Waals surface area (Å²) in [4.78, 5) is 86.3. The van der Waals surface area contributed by atoms with Gasteiger partial charge >= 0.3 is 24.0 Å². The van der Waals surface area contributed by atoms with Gasteiger partial charge in [0.15, 0.2) is 6.29 Å². The van der Waals surface area contributed by atoms with Crippen LogP contribution in [0.1, 0.15) is 79.8 Å². The Balaban J connectivity index is 0.976. The molecular weight excluding hydrogens is 1240 g/mol. The first-order valence-electron chi connectivity index (χ1n) is 31.6. The molecule has 13 atom stereocenters. The molecule has 0 spiro atoms. The van der Waals surface area contributed by atoms with E-state index in [2.05, 4.69) is 16.0 Å². The number of rotatable bonds is 30. The van der Waals surface area contributed by atoms with Gasteiger partial charge in [-0.05, 0) is 71.0 Å². The summed E-state index contributed by atoms with van der Waals surface area (Å²) in [5.41, 5.74) is 5.18. The lowest BCUT2D eigenvalue weighted by Crippen LogP contribution is -2.60. The van der Waals surface area contributed by atoms with Crippen molar-refractivity contribution < 1.29 is 91.5 Å². The van der Waals surface area contributed by atoms with Crippen LogP contribution in [0.3, 0.4) is 0 Å². The van der Waals surface area contributed by atoms with Gasteiger partial charge in [0.2, 0.25) is 11.8 Å². The van der Waals surface area contributed by atoms with Crippen molar-refractivity contribution >= 4 is 47.6 Å². The number of carbonyl (C=O) groups is 6. The fraction of sp³-hybridized carbons (Fsp3) is 0.417. The quantitative estimate of drug-likeness (QED) is 0.0195. The SMILES string of the molecule is CCS[C@H]1O[C@H](COC(=O)C[C@H](NC(=O)OCC2c3ccccc3-c3ccccc32)C(=O)N[C@@H](Cc2ccccc2)C(=O)N[C@@H](CC(=O)OC[C@H]2O[C@H](OC)[C@@H](O)[C@@H](O)[C@@H]2O)C(=O)OC(C)(C)C)[C@@H](OCc2ccccc2)[C@H](OCc2ccccc2)[C@@H]1OCc1ccccc1. The van der Waals surface area contributed by atoms with Crippen LogP contribution in [0, 0.1) is 0 Å². The first-order valence-corrected chi connectivity index (χ1v) is 32.7. The standard InChI is InChI=1S/C72H83N3O19S/c1-6-95-70-65(90-40-47-29-17-10-18-30-47)64(89-39-46-27-15-9-16-28-46)63(88-38-45-25-13-8-14-26-45)57(93-70)43-87-58(76)36-54(75-71(84)91-41-52-50-33-21-19-31-48(50)49-32-20-22-34-51(49)52)67(82)73-53(35-44-23-11-7-12-24-44)66(81)74-55(68(83)94-72(2,3)4)37-59(77)86-42-56-60(78)61(79)62(80)69(85-5)92-56/h7-34,52-57,60-65,69-70,78-80H,6,35-43H2,1-5H3,(H,73,82)(H,74,81)(H,75,84)/t53-,54-,55-,56+,57+,60+,61-,62-,63+,64-,65-,69-,70+/m0/s1. The molecule has 6 aromatic carbocycles. The number of carbonyl (C=O) groups excluding carboxylic acids is 6. The molecule has 0 unspecified atom stereocenters. The minimum absolute atomic E-state index is 0.114. The van der Waals surface area contributed by atoms with E-state index < -0.39 is 146 Å². The maximum Gasteiger partial charge on any atom is 0.407 e. The highest BCUT2D eigenvalue weighted by Gasteiger charge is 2.50. The van der Waals surface area contributed by atoms with Crippen molar-refractivity contribution in [3.8, 4) is 11.1 Å². The smallest absolute Gasteiger partial charge is 0.407 e. The molecule has 6 N–H and O–H groups in total. The van der Waals surface area contributed by atoms with E-state index in [1.807, 2.05) is 146 Å². The topological polar surface area (TPSA) is 292 Å². The molecular formula is C72H83N3O19S. The molecule has 0 radical (unpaired) electrons. The zero-order valence-electron chi connectivity index (χ0n) is 53.6. The number of benzene rings is 6. The van der Waals surface area contributed by atoms with Crippen LogP contribution in [-0.2, 0) is 97.6 Å². The van der Waals surface area contributed by atoms with Crippen LogP contribution < -0.4 is 16.0 Å². The summed E-state index contributed by atoms with van der Waals surface area (Å²) in [5, 5.41) is 39.1. The van der Waals surface area contributed by atoms with Crippen LogP contribution in [0.2, 0.25) is 0 Å². The first kappa shape index (κ1) is 71.2. The van der Waals surface area contributed by atoms with E-state index >= 15 is 4.79 Å². The predicted molar refractivity (Wildman–Crippen MR) is 349 cm³/mol. The first-order chi connectivity index (χ1) is 45.9. The molecule has 23 heteroatoms. The van der Waals surface area contributed by atoms with Crippen molar-refractivity contribution in [2.75, 3.05) is 32.7 Å². The Morgan fingerprint density at radius 2 is 0.968 bits per heavy atom. The van der Waals surface area contributed by atoms with E-state index in [-0.39, 0.29) is 38.8 Å². The molecule has 1 aliphatic carbocycles. The second-order valence-corrected chi connectivity index (χ2v) is 25.5. The number of hydrogen-bond donors (Lipinski definition) is 6. The van der Waals surface area contributed by atoms with Gasteiger partial charge in [0.25, 0.3) is 0 Å². The van der Waals surface area contributed by atoms with Crippen molar-refractivity contribution in [2.45, 2.75) is 157 Å². The number of fused-ring (bicyclic) bond motifs is 3. The Bertz CT molecular complexity index is 3410. The van der Waals surface area contributed by atoms with Crippen LogP contribution in [-0.4, -0.2) is 168 Å². The molecule has 2 heterocycles. The minimum Gasteiger partial charge on any atom is -0.463 e. The number of aliphatic hydroxyl groups is 3. The van der Waals surface area contributed by atoms with Gasteiger partial charge in [-0.3, -0.25) is 19.2 Å². The maximum absolute atomic E-state index is 15.1. The maximum atomic E-state index is 15.1. The molecule has 3 amide bonds. The number of ether oxygens (including phenoxy) is 10. The van der Waals surface area contributed by atoms with Crippen molar-refractivity contribution in [1.82, 2.24) is 16.0 Å². The average molecular weight is 1330 g/mol. The van der Waals surface area contributed by atoms with E-state index in [0.717, 1.165) is 38.9 Å². The molecule has 6 aromatic rings. The summed E-state index contributed by atoms with van der Waals surface area (Å²) < 4.78 is 60.8. The second kappa shape index (κ2) is 34.6. The van der Waals surface area contributed by atoms with Gasteiger partial charge in [0.05, 0.1) is 32.7 Å². The van der Waals surface area contributed by atoms with Crippen molar-refractivity contribution in [3.63, 3.8) is 0 Å². The number of thioether (sulfide) groups is 1. The largest absolute Gasteiger partial charge is 0.463 e. The summed E-state index contributed by atoms with van der Waals surface area (Å²) in [6.45, 7) is 5.95. The third kappa shape index (κ3) is 20.0. The number of nitrogens with one attached hydrogen (secondary N) is 3. The Labute approximate surface area is 556 Å². The van der Waals surface area contributed by atoms with Gasteiger partial charge in [0.1, 0.15) is 97.8 Å². The molecule has 0 aromatic heterocycles. The van der Waals surface area contributed by atoms with Crippen LogP contribution in [0.25, 0.3) is 11.1 Å². The Morgan fingerprint density at radius 1 is 0.505 bits per heavy atom. The lowest BCUT2D eigenvalue weighted by molar-refractivity contribution is -0.295. The molecule has 2 saturated heterocycles. The summed E-state index contributed by atoms with van der Waals surface area (Å²) in [5.74, 6) is -4.93. The van der Waals surface area contributed by atoms with Crippen LogP contribution in [0.4, 0.5) is 4.79 Å². The molecule has 0 saturated carbocycles. The number of methoxy groups -OCH3 is 1. The highest BCUT2D eigenvalue weighted by molar-refractivity contribution is 7.99. The number of hydrogen-bond acceptors (Lipinski definition) is 20. The third-order valence-electron chi connectivity index (χ3n) is 16.1. The highest BCUT2D eigenvalue weighted by atomic mass is 32.2. The fourth-order valence-electron chi connectivity index (χ4n) is 11.4. The molecule has 22 nitrogen and oxygen atoms in total. The van der Waals surface area contributed by atoms with Crippen LogP contribution in [0.5, 0.6) is 0 Å². The lowest BCUT2D eigenvalue weighted by atomic mass is 9.98. The number of esters is 3. The van der Waals surface area contributed by atoms with Gasteiger partial charge in [-0.25, -0.2) is 9.59 Å². The number of aliphatic hydroxyl groups excluding tert-OH is 3. The van der Waals surface area contributed by atoms with Crippen molar-refractivity contribution in [1.29, 1.82) is 0 Å². The zero-order valence-corrected chi connectivity index (χ0v) is 54.4. The summed E-state index contributed by atoms with van der Waals surface area (Å²) in [7, 11) is 1.20. The van der Waals surface area contributed by atoms with Crippen molar-refractivity contribution in [2.24, 2.45) is 0 Å². The van der Waals surface area contributed by atoms with Gasteiger partial charge in [-0.1, -0.05) is 177 Å². The number of alkyl carbamates (subject to hydrolysis) is 1. The summed E-state index contributed by atoms with van der Waals surface area (Å²) in [6.07, 6.45) is -14.2. The van der Waals surface area contributed by atoms with E-state index in [4.69, 9.17) is 47.4 Å². The van der Waals surface area contributed by atoms with E-state index in [0.29, 0.717) is 11.3 Å². The molecule has 0 bridgehead atoms. The number of amides is 3. The average Bonchev–Trinajstić information content (AvgIpc) is 1.62. The van der Waals surface area contributed by atoms with Crippen LogP contribution in [0.15, 0.2) is 170 Å². The third-order valence-corrected chi connectivity index (χ3v) is 17.2. The fourth-order valence-corrected chi connectivity index (χ4v) is 12.4. The molecule has 95 heavy (non-hydrogen) atoms. The molecule has 506 valence electrons. The van der Waals surface area contributed by atoms with Crippen LogP contribution >= 0.6 is 11.8 Å². The normalized spacial score (nSPS) is 22.5. The molecule has 2 fully saturated rings. The molecule has 3 aliphatic rings. The lowest BCUT2D eigenvalue weighted by Gasteiger charge is -2.45. The van der Waals surface area contributed by atoms with E-state index in [1.165, 1.54) is 18.9 Å². The second-order valence-electron chi connectivity index (χ2n) is 24.2. The Hall–Kier alpha value is -8.07. The van der Waals surface area contributed by atoms with Gasteiger partial charge in [0, 0.05) is 19.4 Å². The zero-order chi connectivity index (χ0) is 67.4. The summed E-state index contributed by atoms with van der Waals surface area (Å²) in [6, 6.07) is 47.7.